The van der Waals surface area contributed by atoms with Crippen LogP contribution in [0.1, 0.15) is 33.6 Å². The quantitative estimate of drug-likeness (QED) is 0.517. The maximum atomic E-state index is 6.27. The van der Waals surface area contributed by atoms with E-state index in [9.17, 15) is 0 Å². The summed E-state index contributed by atoms with van der Waals surface area (Å²) in [4.78, 5) is 0. The second-order valence-corrected chi connectivity index (χ2v) is 5.24. The maximum absolute atomic E-state index is 6.27. The zero-order chi connectivity index (χ0) is 8.65. The van der Waals surface area contributed by atoms with E-state index in [1.807, 2.05) is 0 Å². The Morgan fingerprint density at radius 2 is 1.73 bits per heavy atom. The van der Waals surface area contributed by atoms with Crippen LogP contribution in [-0.4, -0.2) is 10.8 Å². The highest BCUT2D eigenvalue weighted by molar-refractivity contribution is 6.24. The van der Waals surface area contributed by atoms with E-state index in [4.69, 9.17) is 23.2 Å². The predicted octanol–water partition coefficient (Wildman–Crippen LogP) is 3.66. The molecule has 1 saturated carbocycles. The number of rotatable bonds is 0. The van der Waals surface area contributed by atoms with Crippen LogP contribution in [0.25, 0.3) is 0 Å². The normalized spacial score (nSPS) is 43.9. The minimum Gasteiger partial charge on any atom is -0.122 e. The van der Waals surface area contributed by atoms with Crippen molar-refractivity contribution in [2.75, 3.05) is 0 Å². The topological polar surface area (TPSA) is 0 Å². The van der Waals surface area contributed by atoms with Gasteiger partial charge in [-0.3, -0.25) is 0 Å². The van der Waals surface area contributed by atoms with Crippen LogP contribution in [0, 0.1) is 11.3 Å². The lowest BCUT2D eigenvalue weighted by molar-refractivity contribution is 0.205. The molecule has 1 aliphatic carbocycles. The molecule has 0 heterocycles. The summed E-state index contributed by atoms with van der Waals surface area (Å²) >= 11 is 12.5. The molecule has 0 aliphatic heterocycles. The zero-order valence-corrected chi connectivity index (χ0v) is 8.91. The first-order chi connectivity index (χ1) is 4.96. The molecule has 0 aromatic heterocycles. The molecule has 0 spiro atoms. The van der Waals surface area contributed by atoms with E-state index in [-0.39, 0.29) is 16.2 Å². The molecular weight excluding hydrogens is 179 g/mol. The van der Waals surface area contributed by atoms with Crippen molar-refractivity contribution in [3.63, 3.8) is 0 Å². The fourth-order valence-electron chi connectivity index (χ4n) is 1.83. The van der Waals surface area contributed by atoms with Crippen LogP contribution in [0.15, 0.2) is 0 Å². The largest absolute Gasteiger partial charge is 0.122 e. The maximum Gasteiger partial charge on any atom is 0.0426 e. The Bertz CT molecular complexity index is 142. The summed E-state index contributed by atoms with van der Waals surface area (Å²) in [5.74, 6) is 0.613. The van der Waals surface area contributed by atoms with Gasteiger partial charge < -0.3 is 0 Å². The number of alkyl halides is 2. The molecule has 3 atom stereocenters. The van der Waals surface area contributed by atoms with Gasteiger partial charge in [0.1, 0.15) is 0 Å². The highest BCUT2D eigenvalue weighted by Crippen LogP contribution is 2.44. The van der Waals surface area contributed by atoms with Crippen molar-refractivity contribution in [1.82, 2.24) is 0 Å². The fourth-order valence-corrected chi connectivity index (χ4v) is 2.44. The van der Waals surface area contributed by atoms with Crippen LogP contribution in [0.5, 0.6) is 0 Å². The highest BCUT2D eigenvalue weighted by Gasteiger charge is 2.41. The van der Waals surface area contributed by atoms with Crippen molar-refractivity contribution < 1.29 is 0 Å². The zero-order valence-electron chi connectivity index (χ0n) is 7.40. The first-order valence-corrected chi connectivity index (χ1v) is 5.11. The lowest BCUT2D eigenvalue weighted by Crippen LogP contribution is -2.42. The van der Waals surface area contributed by atoms with Crippen LogP contribution >= 0.6 is 23.2 Å². The molecule has 66 valence electrons. The Hall–Kier alpha value is 0.580. The minimum atomic E-state index is 0.0980. The summed E-state index contributed by atoms with van der Waals surface area (Å²) in [6, 6.07) is 0. The van der Waals surface area contributed by atoms with Crippen molar-refractivity contribution in [2.24, 2.45) is 11.3 Å². The predicted molar refractivity (Wildman–Crippen MR) is 51.5 cm³/mol. The van der Waals surface area contributed by atoms with Crippen molar-refractivity contribution in [3.05, 3.63) is 0 Å². The Morgan fingerprint density at radius 3 is 2.18 bits per heavy atom. The minimum absolute atomic E-state index is 0.0980. The SMILES string of the molecule is CC1CCC(Cl)C(C)(C)C1Cl. The Labute approximate surface area is 79.3 Å². The molecule has 1 aliphatic rings. The fraction of sp³-hybridized carbons (Fsp3) is 1.00. The van der Waals surface area contributed by atoms with Gasteiger partial charge in [-0.25, -0.2) is 0 Å². The Kier molecular flexibility index (Phi) is 2.76. The monoisotopic (exact) mass is 194 g/mol. The summed E-state index contributed by atoms with van der Waals surface area (Å²) in [6.07, 6.45) is 2.28. The van der Waals surface area contributed by atoms with Gasteiger partial charge in [0.2, 0.25) is 0 Å². The van der Waals surface area contributed by atoms with Crippen molar-refractivity contribution >= 4 is 23.2 Å². The van der Waals surface area contributed by atoms with Gasteiger partial charge in [0.25, 0.3) is 0 Å². The van der Waals surface area contributed by atoms with E-state index in [1.165, 1.54) is 6.42 Å². The molecule has 0 nitrogen and oxygen atoms in total. The molecular formula is C9H16Cl2. The van der Waals surface area contributed by atoms with Crippen LogP contribution in [0.3, 0.4) is 0 Å². The van der Waals surface area contributed by atoms with E-state index in [0.29, 0.717) is 5.92 Å². The average molecular weight is 195 g/mol. The third-order valence-corrected chi connectivity index (χ3v) is 4.67. The number of halogens is 2. The molecule has 3 unspecified atom stereocenters. The van der Waals surface area contributed by atoms with Gasteiger partial charge in [-0.15, -0.1) is 23.2 Å². The van der Waals surface area contributed by atoms with Crippen molar-refractivity contribution in [3.8, 4) is 0 Å². The lowest BCUT2D eigenvalue weighted by atomic mass is 9.72. The number of hydrogen-bond donors (Lipinski definition) is 0. The van der Waals surface area contributed by atoms with Gasteiger partial charge >= 0.3 is 0 Å². The summed E-state index contributed by atoms with van der Waals surface area (Å²) in [6.45, 7) is 6.54. The highest BCUT2D eigenvalue weighted by atomic mass is 35.5. The van der Waals surface area contributed by atoms with Crippen molar-refractivity contribution in [2.45, 2.75) is 44.4 Å². The molecule has 0 bridgehead atoms. The van der Waals surface area contributed by atoms with Gasteiger partial charge in [0, 0.05) is 10.8 Å². The standard InChI is InChI=1S/C9H16Cl2/c1-6-4-5-7(10)9(2,3)8(6)11/h6-8H,4-5H2,1-3H3. The van der Waals surface area contributed by atoms with Gasteiger partial charge in [-0.1, -0.05) is 20.8 Å². The molecule has 0 amide bonds. The summed E-state index contributed by atoms with van der Waals surface area (Å²) in [7, 11) is 0. The van der Waals surface area contributed by atoms with Gasteiger partial charge in [0.05, 0.1) is 0 Å². The molecule has 0 N–H and O–H groups in total. The smallest absolute Gasteiger partial charge is 0.0426 e. The van der Waals surface area contributed by atoms with Gasteiger partial charge in [-0.2, -0.15) is 0 Å². The molecule has 11 heavy (non-hydrogen) atoms. The molecule has 0 saturated heterocycles. The lowest BCUT2D eigenvalue weighted by Gasteiger charge is -2.42. The van der Waals surface area contributed by atoms with E-state index in [2.05, 4.69) is 20.8 Å². The van der Waals surface area contributed by atoms with Gasteiger partial charge in [0.15, 0.2) is 0 Å². The van der Waals surface area contributed by atoms with E-state index in [0.717, 1.165) is 6.42 Å². The van der Waals surface area contributed by atoms with E-state index < -0.39 is 0 Å². The molecule has 2 heteroatoms. The number of hydrogen-bond acceptors (Lipinski definition) is 0. The van der Waals surface area contributed by atoms with Crippen LogP contribution in [-0.2, 0) is 0 Å². The summed E-state index contributed by atoms with van der Waals surface area (Å²) < 4.78 is 0. The molecule has 1 rings (SSSR count). The molecule has 0 radical (unpaired) electrons. The van der Waals surface area contributed by atoms with Crippen molar-refractivity contribution in [1.29, 1.82) is 0 Å². The van der Waals surface area contributed by atoms with E-state index in [1.54, 1.807) is 0 Å². The van der Waals surface area contributed by atoms with E-state index >= 15 is 0 Å². The summed E-state index contributed by atoms with van der Waals surface area (Å²) in [5.41, 5.74) is 0.0980. The molecule has 0 aromatic carbocycles. The van der Waals surface area contributed by atoms with Crippen LogP contribution < -0.4 is 0 Å². The average Bonchev–Trinajstić information content (AvgIpc) is 1.95. The first-order valence-electron chi connectivity index (χ1n) is 4.24. The van der Waals surface area contributed by atoms with Crippen LogP contribution in [0.4, 0.5) is 0 Å². The Balaban J connectivity index is 2.72. The van der Waals surface area contributed by atoms with Gasteiger partial charge in [-0.05, 0) is 24.2 Å². The first kappa shape index (κ1) is 9.67. The van der Waals surface area contributed by atoms with Crippen LogP contribution in [0.2, 0.25) is 0 Å². The second kappa shape index (κ2) is 3.14. The second-order valence-electron chi connectivity index (χ2n) is 4.25. The Morgan fingerprint density at radius 1 is 1.18 bits per heavy atom. The third kappa shape index (κ3) is 1.67. The molecule has 0 aromatic rings. The molecule has 1 fully saturated rings. The summed E-state index contributed by atoms with van der Waals surface area (Å²) in [5, 5.41) is 0.486. The third-order valence-electron chi connectivity index (χ3n) is 2.89.